The van der Waals surface area contributed by atoms with Gasteiger partial charge in [-0.15, -0.1) is 0 Å². The Morgan fingerprint density at radius 2 is 1.95 bits per heavy atom. The van der Waals surface area contributed by atoms with Gasteiger partial charge in [0, 0.05) is 18.3 Å². The molecule has 2 heterocycles. The number of rotatable bonds is 4. The van der Waals surface area contributed by atoms with Crippen molar-refractivity contribution in [3.8, 4) is 11.3 Å². The molecule has 0 spiro atoms. The van der Waals surface area contributed by atoms with Crippen LogP contribution in [0, 0.1) is 0 Å². The van der Waals surface area contributed by atoms with Crippen LogP contribution in [0.3, 0.4) is 0 Å². The highest BCUT2D eigenvalue weighted by molar-refractivity contribution is 5.70. The zero-order valence-corrected chi connectivity index (χ0v) is 12.0. The number of nitrogens with zero attached hydrogens (tertiary/aromatic N) is 3. The fourth-order valence-electron chi connectivity index (χ4n) is 2.51. The molecule has 2 N–H and O–H groups in total. The standard InChI is InChI=1S/C17H18N4/c1-13(14-6-3-2-4-7-14)11-21-12-19-10-16(21)15-8-5-9-20-17(15)18/h2-10,12-13H,11H2,1H3,(H2,18,20). The third-order valence-electron chi connectivity index (χ3n) is 3.67. The Morgan fingerprint density at radius 1 is 1.14 bits per heavy atom. The van der Waals surface area contributed by atoms with Gasteiger partial charge in [0.15, 0.2) is 0 Å². The molecule has 21 heavy (non-hydrogen) atoms. The third kappa shape index (κ3) is 2.79. The average Bonchev–Trinajstić information content (AvgIpc) is 2.96. The molecule has 0 aliphatic rings. The first kappa shape index (κ1) is 13.4. The van der Waals surface area contributed by atoms with E-state index in [9.17, 15) is 0 Å². The van der Waals surface area contributed by atoms with E-state index in [1.165, 1.54) is 5.56 Å². The number of hydrogen-bond donors (Lipinski definition) is 1. The summed E-state index contributed by atoms with van der Waals surface area (Å²) in [6.07, 6.45) is 5.39. The van der Waals surface area contributed by atoms with Gasteiger partial charge in [-0.25, -0.2) is 9.97 Å². The number of pyridine rings is 1. The van der Waals surface area contributed by atoms with Crippen molar-refractivity contribution in [2.45, 2.75) is 19.4 Å². The molecule has 0 aliphatic carbocycles. The van der Waals surface area contributed by atoms with Crippen LogP contribution in [0.15, 0.2) is 61.2 Å². The summed E-state index contributed by atoms with van der Waals surface area (Å²) < 4.78 is 2.13. The lowest BCUT2D eigenvalue weighted by Gasteiger charge is -2.15. The summed E-state index contributed by atoms with van der Waals surface area (Å²) >= 11 is 0. The van der Waals surface area contributed by atoms with E-state index in [1.807, 2.05) is 30.7 Å². The molecule has 1 unspecified atom stereocenters. The molecule has 0 bridgehead atoms. The van der Waals surface area contributed by atoms with Crippen molar-refractivity contribution < 1.29 is 0 Å². The second-order valence-corrected chi connectivity index (χ2v) is 5.18. The molecular formula is C17H18N4. The van der Waals surface area contributed by atoms with Gasteiger partial charge in [-0.2, -0.15) is 0 Å². The maximum atomic E-state index is 5.97. The molecule has 0 fully saturated rings. The minimum atomic E-state index is 0.400. The summed E-state index contributed by atoms with van der Waals surface area (Å²) in [7, 11) is 0. The molecule has 4 heteroatoms. The first-order valence-corrected chi connectivity index (χ1v) is 7.01. The van der Waals surface area contributed by atoms with Gasteiger partial charge >= 0.3 is 0 Å². The van der Waals surface area contributed by atoms with E-state index in [0.717, 1.165) is 17.8 Å². The van der Waals surface area contributed by atoms with Gasteiger partial charge in [-0.3, -0.25) is 0 Å². The Labute approximate surface area is 124 Å². The van der Waals surface area contributed by atoms with Gasteiger partial charge in [-0.05, 0) is 23.6 Å². The minimum absolute atomic E-state index is 0.400. The summed E-state index contributed by atoms with van der Waals surface area (Å²) in [5, 5.41) is 0. The van der Waals surface area contributed by atoms with Gasteiger partial charge in [-0.1, -0.05) is 37.3 Å². The van der Waals surface area contributed by atoms with Gasteiger partial charge in [0.1, 0.15) is 5.82 Å². The smallest absolute Gasteiger partial charge is 0.132 e. The summed E-state index contributed by atoms with van der Waals surface area (Å²) in [5.74, 6) is 0.934. The molecular weight excluding hydrogens is 260 g/mol. The fourth-order valence-corrected chi connectivity index (χ4v) is 2.51. The first-order chi connectivity index (χ1) is 10.3. The predicted octanol–water partition coefficient (Wildman–Crippen LogP) is 3.33. The zero-order chi connectivity index (χ0) is 14.7. The van der Waals surface area contributed by atoms with Crippen LogP contribution in [0.4, 0.5) is 5.82 Å². The number of hydrogen-bond acceptors (Lipinski definition) is 3. The SMILES string of the molecule is CC(Cn1cncc1-c1cccnc1N)c1ccccc1. The van der Waals surface area contributed by atoms with E-state index in [2.05, 4.69) is 45.7 Å². The van der Waals surface area contributed by atoms with Gasteiger partial charge < -0.3 is 10.3 Å². The number of nitrogens with two attached hydrogens (primary N) is 1. The van der Waals surface area contributed by atoms with E-state index >= 15 is 0 Å². The van der Waals surface area contributed by atoms with Crippen LogP contribution in [-0.4, -0.2) is 14.5 Å². The minimum Gasteiger partial charge on any atom is -0.383 e. The molecule has 0 aliphatic heterocycles. The Kier molecular flexibility index (Phi) is 3.69. The Balaban J connectivity index is 1.88. The van der Waals surface area contributed by atoms with Gasteiger partial charge in [0.05, 0.1) is 18.2 Å². The van der Waals surface area contributed by atoms with E-state index < -0.39 is 0 Å². The van der Waals surface area contributed by atoms with Gasteiger partial charge in [0.2, 0.25) is 0 Å². The molecule has 1 atom stereocenters. The number of benzene rings is 1. The van der Waals surface area contributed by atoms with Crippen molar-refractivity contribution in [2.75, 3.05) is 5.73 Å². The van der Waals surface area contributed by atoms with Crippen LogP contribution in [0.2, 0.25) is 0 Å². The van der Waals surface area contributed by atoms with Crippen LogP contribution in [0.25, 0.3) is 11.3 Å². The fraction of sp³-hybridized carbons (Fsp3) is 0.176. The largest absolute Gasteiger partial charge is 0.383 e. The number of aromatic nitrogens is 3. The second-order valence-electron chi connectivity index (χ2n) is 5.18. The van der Waals surface area contributed by atoms with Crippen molar-refractivity contribution in [3.05, 3.63) is 66.7 Å². The van der Waals surface area contributed by atoms with Crippen LogP contribution in [0.5, 0.6) is 0 Å². The highest BCUT2D eigenvalue weighted by atomic mass is 15.0. The molecule has 0 radical (unpaired) electrons. The molecule has 0 saturated carbocycles. The quantitative estimate of drug-likeness (QED) is 0.796. The highest BCUT2D eigenvalue weighted by Crippen LogP contribution is 2.26. The van der Waals surface area contributed by atoms with Crippen molar-refractivity contribution in [1.29, 1.82) is 0 Å². The van der Waals surface area contributed by atoms with E-state index in [-0.39, 0.29) is 0 Å². The normalized spacial score (nSPS) is 12.2. The van der Waals surface area contributed by atoms with E-state index in [4.69, 9.17) is 5.73 Å². The number of imidazole rings is 1. The number of nitrogen functional groups attached to an aromatic ring is 1. The summed E-state index contributed by atoms with van der Waals surface area (Å²) in [6, 6.07) is 14.3. The topological polar surface area (TPSA) is 56.7 Å². The summed E-state index contributed by atoms with van der Waals surface area (Å²) in [6.45, 7) is 3.07. The first-order valence-electron chi connectivity index (χ1n) is 7.01. The molecule has 3 rings (SSSR count). The Hall–Kier alpha value is -2.62. The molecule has 2 aromatic heterocycles. The molecule has 0 amide bonds. The second kappa shape index (κ2) is 5.79. The molecule has 0 saturated heterocycles. The summed E-state index contributed by atoms with van der Waals surface area (Å²) in [5.41, 5.74) is 9.22. The monoisotopic (exact) mass is 278 g/mol. The van der Waals surface area contributed by atoms with Crippen LogP contribution in [-0.2, 0) is 6.54 Å². The average molecular weight is 278 g/mol. The van der Waals surface area contributed by atoms with Crippen LogP contribution in [0.1, 0.15) is 18.4 Å². The summed E-state index contributed by atoms with van der Waals surface area (Å²) in [4.78, 5) is 8.42. The lowest BCUT2D eigenvalue weighted by atomic mass is 10.0. The maximum Gasteiger partial charge on any atom is 0.132 e. The highest BCUT2D eigenvalue weighted by Gasteiger charge is 2.12. The zero-order valence-electron chi connectivity index (χ0n) is 12.0. The van der Waals surface area contributed by atoms with Crippen LogP contribution < -0.4 is 5.73 Å². The molecule has 4 nitrogen and oxygen atoms in total. The van der Waals surface area contributed by atoms with Crippen molar-refractivity contribution in [3.63, 3.8) is 0 Å². The Bertz CT molecular complexity index is 718. The lowest BCUT2D eigenvalue weighted by molar-refractivity contribution is 0.601. The van der Waals surface area contributed by atoms with E-state index in [1.54, 1.807) is 6.20 Å². The Morgan fingerprint density at radius 3 is 2.71 bits per heavy atom. The van der Waals surface area contributed by atoms with Crippen LogP contribution >= 0.6 is 0 Å². The molecule has 1 aromatic carbocycles. The maximum absolute atomic E-state index is 5.97. The van der Waals surface area contributed by atoms with Crippen molar-refractivity contribution in [2.24, 2.45) is 0 Å². The van der Waals surface area contributed by atoms with Gasteiger partial charge in [0.25, 0.3) is 0 Å². The van der Waals surface area contributed by atoms with Crippen molar-refractivity contribution >= 4 is 5.82 Å². The number of anilines is 1. The van der Waals surface area contributed by atoms with Crippen molar-refractivity contribution in [1.82, 2.24) is 14.5 Å². The third-order valence-corrected chi connectivity index (χ3v) is 3.67. The molecule has 106 valence electrons. The van der Waals surface area contributed by atoms with E-state index in [0.29, 0.717) is 11.7 Å². The molecule has 3 aromatic rings. The predicted molar refractivity (Wildman–Crippen MR) is 84.7 cm³/mol. The lowest BCUT2D eigenvalue weighted by Crippen LogP contribution is -2.07.